The normalized spacial score (nSPS) is 9.94. The molecule has 1 aromatic heterocycles. The van der Waals surface area contributed by atoms with Crippen LogP contribution in [0.4, 0.5) is 9.93 Å². The quantitative estimate of drug-likeness (QED) is 0.866. The SMILES string of the molecule is CSc1nsc(NC(=O)Oc2ccccc2)n1. The molecule has 0 aliphatic carbocycles. The molecule has 0 bridgehead atoms. The van der Waals surface area contributed by atoms with Gasteiger partial charge in [0.15, 0.2) is 0 Å². The summed E-state index contributed by atoms with van der Waals surface area (Å²) in [5, 5.41) is 3.57. The van der Waals surface area contributed by atoms with Gasteiger partial charge in [-0.2, -0.15) is 9.36 Å². The van der Waals surface area contributed by atoms with E-state index in [-0.39, 0.29) is 0 Å². The van der Waals surface area contributed by atoms with Crippen LogP contribution in [-0.4, -0.2) is 21.7 Å². The van der Waals surface area contributed by atoms with Crippen molar-refractivity contribution in [2.75, 3.05) is 11.6 Å². The molecule has 1 N–H and O–H groups in total. The van der Waals surface area contributed by atoms with Crippen molar-refractivity contribution >= 4 is 34.5 Å². The molecule has 7 heteroatoms. The van der Waals surface area contributed by atoms with Gasteiger partial charge in [-0.1, -0.05) is 30.0 Å². The van der Waals surface area contributed by atoms with Crippen molar-refractivity contribution in [1.82, 2.24) is 9.36 Å². The van der Waals surface area contributed by atoms with Crippen molar-refractivity contribution in [2.45, 2.75) is 5.16 Å². The topological polar surface area (TPSA) is 64.1 Å². The highest BCUT2D eigenvalue weighted by atomic mass is 32.2. The van der Waals surface area contributed by atoms with Crippen molar-refractivity contribution in [2.24, 2.45) is 0 Å². The van der Waals surface area contributed by atoms with Gasteiger partial charge in [0.05, 0.1) is 0 Å². The maximum atomic E-state index is 11.5. The van der Waals surface area contributed by atoms with Crippen LogP contribution in [0.25, 0.3) is 0 Å². The van der Waals surface area contributed by atoms with Gasteiger partial charge in [0.2, 0.25) is 10.3 Å². The van der Waals surface area contributed by atoms with Crippen molar-refractivity contribution in [3.63, 3.8) is 0 Å². The predicted octanol–water partition coefficient (Wildman–Crippen LogP) is 2.87. The highest BCUT2D eigenvalue weighted by Crippen LogP contribution is 2.18. The number of nitrogens with one attached hydrogen (secondary N) is 1. The van der Waals surface area contributed by atoms with Gasteiger partial charge < -0.3 is 4.74 Å². The zero-order chi connectivity index (χ0) is 12.1. The minimum Gasteiger partial charge on any atom is -0.410 e. The number of anilines is 1. The summed E-state index contributed by atoms with van der Waals surface area (Å²) >= 11 is 2.54. The largest absolute Gasteiger partial charge is 0.418 e. The third-order valence-electron chi connectivity index (χ3n) is 1.75. The van der Waals surface area contributed by atoms with Gasteiger partial charge in [-0.3, -0.25) is 5.32 Å². The molecule has 0 aliphatic heterocycles. The third kappa shape index (κ3) is 3.43. The van der Waals surface area contributed by atoms with Gasteiger partial charge in [0.25, 0.3) is 0 Å². The Labute approximate surface area is 106 Å². The minimum atomic E-state index is -0.569. The average Bonchev–Trinajstić information content (AvgIpc) is 2.78. The van der Waals surface area contributed by atoms with E-state index >= 15 is 0 Å². The van der Waals surface area contributed by atoms with Crippen LogP contribution in [0.5, 0.6) is 5.75 Å². The molecular weight excluding hydrogens is 258 g/mol. The number of hydrogen-bond acceptors (Lipinski definition) is 6. The van der Waals surface area contributed by atoms with Crippen molar-refractivity contribution in [1.29, 1.82) is 0 Å². The Balaban J connectivity index is 1.93. The molecule has 0 saturated heterocycles. The van der Waals surface area contributed by atoms with E-state index in [0.29, 0.717) is 16.0 Å². The Morgan fingerprint density at radius 3 is 2.82 bits per heavy atom. The van der Waals surface area contributed by atoms with Crippen molar-refractivity contribution in [3.8, 4) is 5.75 Å². The highest BCUT2D eigenvalue weighted by Gasteiger charge is 2.08. The molecule has 5 nitrogen and oxygen atoms in total. The number of ether oxygens (including phenoxy) is 1. The van der Waals surface area contributed by atoms with Gasteiger partial charge in [-0.05, 0) is 18.4 Å². The standard InChI is InChI=1S/C10H9N3O2S2/c1-16-9-11-8(17-13-9)12-10(14)15-7-5-3-2-4-6-7/h2-6H,1H3,(H,11,12,13,14). The molecule has 0 fully saturated rings. The van der Waals surface area contributed by atoms with E-state index in [1.54, 1.807) is 24.3 Å². The number of carbonyl (C=O) groups is 1. The molecule has 1 heterocycles. The lowest BCUT2D eigenvalue weighted by atomic mass is 10.3. The van der Waals surface area contributed by atoms with Crippen LogP contribution in [0.15, 0.2) is 35.5 Å². The van der Waals surface area contributed by atoms with E-state index in [1.807, 2.05) is 12.3 Å². The van der Waals surface area contributed by atoms with E-state index in [2.05, 4.69) is 14.7 Å². The summed E-state index contributed by atoms with van der Waals surface area (Å²) in [6.07, 6.45) is 1.30. The minimum absolute atomic E-state index is 0.426. The van der Waals surface area contributed by atoms with Gasteiger partial charge in [0.1, 0.15) is 5.75 Å². The zero-order valence-corrected chi connectivity index (χ0v) is 10.5. The van der Waals surface area contributed by atoms with Crippen LogP contribution in [0, 0.1) is 0 Å². The number of amides is 1. The molecule has 0 saturated carbocycles. The van der Waals surface area contributed by atoms with E-state index < -0.39 is 6.09 Å². The lowest BCUT2D eigenvalue weighted by molar-refractivity contribution is 0.215. The van der Waals surface area contributed by atoms with Crippen LogP contribution in [0.3, 0.4) is 0 Å². The van der Waals surface area contributed by atoms with Crippen LogP contribution >= 0.6 is 23.3 Å². The molecule has 17 heavy (non-hydrogen) atoms. The van der Waals surface area contributed by atoms with Gasteiger partial charge in [0, 0.05) is 11.5 Å². The Bertz CT molecular complexity index is 501. The third-order valence-corrected chi connectivity index (χ3v) is 3.05. The number of hydrogen-bond donors (Lipinski definition) is 1. The van der Waals surface area contributed by atoms with Gasteiger partial charge in [-0.25, -0.2) is 4.79 Å². The Morgan fingerprint density at radius 2 is 2.18 bits per heavy atom. The Hall–Kier alpha value is -1.60. The second-order valence-electron chi connectivity index (χ2n) is 2.91. The lowest BCUT2D eigenvalue weighted by Crippen LogP contribution is -2.16. The number of thioether (sulfide) groups is 1. The summed E-state index contributed by atoms with van der Waals surface area (Å²) in [5.74, 6) is 0.486. The van der Waals surface area contributed by atoms with Crippen molar-refractivity contribution in [3.05, 3.63) is 30.3 Å². The predicted molar refractivity (Wildman–Crippen MR) is 67.8 cm³/mol. The molecule has 2 aromatic rings. The van der Waals surface area contributed by atoms with Gasteiger partial charge >= 0.3 is 6.09 Å². The second kappa shape index (κ2) is 5.65. The van der Waals surface area contributed by atoms with Crippen LogP contribution < -0.4 is 10.1 Å². The first-order valence-corrected chi connectivity index (χ1v) is 6.69. The molecule has 0 atom stereocenters. The number of rotatable bonds is 3. The average molecular weight is 267 g/mol. The molecular formula is C10H9N3O2S2. The lowest BCUT2D eigenvalue weighted by Gasteiger charge is -2.02. The Morgan fingerprint density at radius 1 is 1.41 bits per heavy atom. The first kappa shape index (κ1) is 11.9. The number of nitrogens with zero attached hydrogens (tertiary/aromatic N) is 2. The summed E-state index contributed by atoms with van der Waals surface area (Å²) in [4.78, 5) is 15.5. The number of para-hydroxylation sites is 1. The highest BCUT2D eigenvalue weighted by molar-refractivity contribution is 7.98. The number of carbonyl (C=O) groups excluding carboxylic acids is 1. The van der Waals surface area contributed by atoms with Crippen LogP contribution in [0.1, 0.15) is 0 Å². The van der Waals surface area contributed by atoms with Crippen molar-refractivity contribution < 1.29 is 9.53 Å². The first-order valence-electron chi connectivity index (χ1n) is 4.69. The fraction of sp³-hybridized carbons (Fsp3) is 0.100. The molecule has 1 aromatic carbocycles. The molecule has 0 spiro atoms. The maximum absolute atomic E-state index is 11.5. The summed E-state index contributed by atoms with van der Waals surface area (Å²) < 4.78 is 9.06. The molecule has 0 radical (unpaired) electrons. The Kier molecular flexibility index (Phi) is 3.94. The zero-order valence-electron chi connectivity index (χ0n) is 8.91. The fourth-order valence-corrected chi connectivity index (χ4v) is 2.16. The molecule has 0 unspecified atom stereocenters. The summed E-state index contributed by atoms with van der Waals surface area (Å²) in [6.45, 7) is 0. The molecule has 1 amide bonds. The number of aromatic nitrogens is 2. The van der Waals surface area contributed by atoms with E-state index in [4.69, 9.17) is 4.74 Å². The summed E-state index contributed by atoms with van der Waals surface area (Å²) in [6, 6.07) is 8.83. The van der Waals surface area contributed by atoms with Crippen LogP contribution in [0.2, 0.25) is 0 Å². The molecule has 0 aliphatic rings. The van der Waals surface area contributed by atoms with E-state index in [0.717, 1.165) is 11.5 Å². The monoisotopic (exact) mass is 267 g/mol. The number of benzene rings is 1. The fourth-order valence-electron chi connectivity index (χ4n) is 1.05. The van der Waals surface area contributed by atoms with Crippen LogP contribution in [-0.2, 0) is 0 Å². The second-order valence-corrected chi connectivity index (χ2v) is 4.44. The van der Waals surface area contributed by atoms with E-state index in [9.17, 15) is 4.79 Å². The van der Waals surface area contributed by atoms with Gasteiger partial charge in [-0.15, -0.1) is 0 Å². The smallest absolute Gasteiger partial charge is 0.410 e. The molecule has 2 rings (SSSR count). The summed E-state index contributed by atoms with van der Waals surface area (Å²) in [7, 11) is 0. The molecule has 88 valence electrons. The summed E-state index contributed by atoms with van der Waals surface area (Å²) in [5.41, 5.74) is 0. The maximum Gasteiger partial charge on any atom is 0.418 e. The first-order chi connectivity index (χ1) is 8.28. The van der Waals surface area contributed by atoms with E-state index in [1.165, 1.54) is 11.8 Å².